The van der Waals surface area contributed by atoms with Crippen LogP contribution in [0.3, 0.4) is 0 Å². The summed E-state index contributed by atoms with van der Waals surface area (Å²) in [4.78, 5) is 0. The maximum atomic E-state index is 13.5. The molecule has 0 amide bonds. The minimum absolute atomic E-state index is 0. The smallest absolute Gasteiger partial charge is 0.218 e. The molecule has 1 atom stereocenters. The van der Waals surface area contributed by atoms with Crippen LogP contribution in [-0.2, 0) is 15.8 Å². The second-order valence-corrected chi connectivity index (χ2v) is 6.43. The summed E-state index contributed by atoms with van der Waals surface area (Å²) in [6.07, 6.45) is 0. The lowest BCUT2D eigenvalue weighted by molar-refractivity contribution is 0.283. The van der Waals surface area contributed by atoms with Crippen molar-refractivity contribution in [2.45, 2.75) is 18.7 Å². The van der Waals surface area contributed by atoms with Gasteiger partial charge in [-0.2, -0.15) is 4.31 Å². The van der Waals surface area contributed by atoms with Gasteiger partial charge in [0, 0.05) is 31.2 Å². The molecule has 1 heterocycles. The fourth-order valence-corrected chi connectivity index (χ4v) is 3.92. The van der Waals surface area contributed by atoms with Crippen LogP contribution in [0.4, 0.5) is 4.39 Å². The van der Waals surface area contributed by atoms with Crippen LogP contribution in [0.1, 0.15) is 12.5 Å². The summed E-state index contributed by atoms with van der Waals surface area (Å²) in [6, 6.07) is 5.91. The first kappa shape index (κ1) is 16.4. The number of halogens is 2. The van der Waals surface area contributed by atoms with E-state index >= 15 is 0 Å². The van der Waals surface area contributed by atoms with Crippen molar-refractivity contribution in [1.82, 2.24) is 9.62 Å². The Labute approximate surface area is 119 Å². The first-order valence-electron chi connectivity index (χ1n) is 5.94. The van der Waals surface area contributed by atoms with Crippen molar-refractivity contribution >= 4 is 22.4 Å². The molecule has 2 rings (SSSR count). The molecule has 1 saturated heterocycles. The number of nitrogens with one attached hydrogen (secondary N) is 1. The first-order chi connectivity index (χ1) is 8.50. The van der Waals surface area contributed by atoms with Crippen LogP contribution in [0, 0.1) is 5.82 Å². The molecule has 0 saturated carbocycles. The molecular formula is C12H18ClFN2O2S. The Bertz CT molecular complexity index is 524. The van der Waals surface area contributed by atoms with Crippen LogP contribution in [0.2, 0.25) is 0 Å². The van der Waals surface area contributed by atoms with E-state index in [1.807, 2.05) is 6.92 Å². The number of nitrogens with zero attached hydrogens (tertiary/aromatic N) is 1. The van der Waals surface area contributed by atoms with E-state index in [0.717, 1.165) is 0 Å². The Morgan fingerprint density at radius 3 is 2.74 bits per heavy atom. The number of piperazine rings is 1. The molecule has 1 fully saturated rings. The van der Waals surface area contributed by atoms with Gasteiger partial charge in [-0.3, -0.25) is 0 Å². The van der Waals surface area contributed by atoms with Crippen molar-refractivity contribution in [1.29, 1.82) is 0 Å². The van der Waals surface area contributed by atoms with E-state index in [9.17, 15) is 12.8 Å². The lowest BCUT2D eigenvalue weighted by atomic mass is 10.2. The van der Waals surface area contributed by atoms with Gasteiger partial charge < -0.3 is 5.32 Å². The normalized spacial score (nSPS) is 20.8. The number of sulfonamides is 1. The molecule has 1 aliphatic rings. The average Bonchev–Trinajstić information content (AvgIpc) is 2.32. The maximum absolute atomic E-state index is 13.5. The molecule has 108 valence electrons. The molecule has 1 aromatic carbocycles. The number of hydrogen-bond donors (Lipinski definition) is 1. The lowest BCUT2D eigenvalue weighted by Gasteiger charge is -2.32. The van der Waals surface area contributed by atoms with Crippen LogP contribution >= 0.6 is 12.4 Å². The van der Waals surface area contributed by atoms with Gasteiger partial charge in [-0.25, -0.2) is 12.8 Å². The van der Waals surface area contributed by atoms with Crippen LogP contribution in [-0.4, -0.2) is 38.4 Å². The highest BCUT2D eigenvalue weighted by Gasteiger charge is 2.29. The largest absolute Gasteiger partial charge is 0.314 e. The SMILES string of the molecule is CC1CNCCN1S(=O)(=O)Cc1ccccc1F.Cl. The summed E-state index contributed by atoms with van der Waals surface area (Å²) < 4.78 is 39.4. The zero-order valence-electron chi connectivity index (χ0n) is 10.7. The van der Waals surface area contributed by atoms with Gasteiger partial charge in [0.1, 0.15) is 5.82 Å². The molecule has 7 heteroatoms. The highest BCUT2D eigenvalue weighted by atomic mass is 35.5. The topological polar surface area (TPSA) is 49.4 Å². The summed E-state index contributed by atoms with van der Waals surface area (Å²) in [5.41, 5.74) is 0.225. The van der Waals surface area contributed by atoms with E-state index in [0.29, 0.717) is 19.6 Å². The third-order valence-corrected chi connectivity index (χ3v) is 5.03. The van der Waals surface area contributed by atoms with Crippen molar-refractivity contribution in [3.05, 3.63) is 35.6 Å². The second kappa shape index (κ2) is 6.65. The molecule has 1 aliphatic heterocycles. The van der Waals surface area contributed by atoms with Crippen LogP contribution < -0.4 is 5.32 Å². The lowest BCUT2D eigenvalue weighted by Crippen LogP contribution is -2.52. The standard InChI is InChI=1S/C12H17FN2O2S.ClH/c1-10-8-14-6-7-15(10)18(16,17)9-11-4-2-3-5-12(11)13;/h2-5,10,14H,6-9H2,1H3;1H. The molecule has 0 radical (unpaired) electrons. The van der Waals surface area contributed by atoms with Gasteiger partial charge in [-0.1, -0.05) is 18.2 Å². The van der Waals surface area contributed by atoms with E-state index in [-0.39, 0.29) is 29.8 Å². The van der Waals surface area contributed by atoms with Crippen molar-refractivity contribution in [3.63, 3.8) is 0 Å². The van der Waals surface area contributed by atoms with E-state index < -0.39 is 15.8 Å². The number of benzene rings is 1. The molecule has 1 N–H and O–H groups in total. The summed E-state index contributed by atoms with van der Waals surface area (Å²) >= 11 is 0. The van der Waals surface area contributed by atoms with Crippen molar-refractivity contribution in [2.75, 3.05) is 19.6 Å². The summed E-state index contributed by atoms with van der Waals surface area (Å²) in [7, 11) is -3.45. The van der Waals surface area contributed by atoms with Crippen LogP contribution in [0.5, 0.6) is 0 Å². The van der Waals surface area contributed by atoms with Gasteiger partial charge >= 0.3 is 0 Å². The second-order valence-electron chi connectivity index (χ2n) is 4.51. The summed E-state index contributed by atoms with van der Waals surface area (Å²) in [6.45, 7) is 3.57. The quantitative estimate of drug-likeness (QED) is 0.917. The average molecular weight is 309 g/mol. The number of rotatable bonds is 3. The van der Waals surface area contributed by atoms with Gasteiger partial charge in [-0.15, -0.1) is 12.4 Å². The van der Waals surface area contributed by atoms with Crippen LogP contribution in [0.25, 0.3) is 0 Å². The highest BCUT2D eigenvalue weighted by molar-refractivity contribution is 7.88. The molecule has 19 heavy (non-hydrogen) atoms. The molecule has 0 bridgehead atoms. The highest BCUT2D eigenvalue weighted by Crippen LogP contribution is 2.17. The van der Waals surface area contributed by atoms with Crippen molar-refractivity contribution in [3.8, 4) is 0 Å². The molecule has 0 aliphatic carbocycles. The summed E-state index contributed by atoms with van der Waals surface area (Å²) in [5, 5.41) is 3.13. The molecule has 1 unspecified atom stereocenters. The zero-order chi connectivity index (χ0) is 13.2. The molecule has 1 aromatic rings. The summed E-state index contributed by atoms with van der Waals surface area (Å²) in [5.74, 6) is -0.742. The fraction of sp³-hybridized carbons (Fsp3) is 0.500. The Morgan fingerprint density at radius 1 is 1.42 bits per heavy atom. The Kier molecular flexibility index (Phi) is 5.73. The van der Waals surface area contributed by atoms with Gasteiger partial charge in [-0.05, 0) is 13.0 Å². The predicted octanol–water partition coefficient (Wildman–Crippen LogP) is 1.37. The Balaban J connectivity index is 0.00000180. The van der Waals surface area contributed by atoms with E-state index in [2.05, 4.69) is 5.32 Å². The van der Waals surface area contributed by atoms with Gasteiger partial charge in [0.15, 0.2) is 0 Å². The zero-order valence-corrected chi connectivity index (χ0v) is 12.3. The van der Waals surface area contributed by atoms with Gasteiger partial charge in [0.25, 0.3) is 0 Å². The molecular weight excluding hydrogens is 291 g/mol. The Hall–Kier alpha value is -0.690. The Morgan fingerprint density at radius 2 is 2.11 bits per heavy atom. The van der Waals surface area contributed by atoms with Crippen LogP contribution in [0.15, 0.2) is 24.3 Å². The maximum Gasteiger partial charge on any atom is 0.218 e. The van der Waals surface area contributed by atoms with Crippen molar-refractivity contribution < 1.29 is 12.8 Å². The molecule has 4 nitrogen and oxygen atoms in total. The minimum atomic E-state index is -3.45. The van der Waals surface area contributed by atoms with Gasteiger partial charge in [0.2, 0.25) is 10.0 Å². The van der Waals surface area contributed by atoms with E-state index in [1.165, 1.54) is 16.4 Å². The molecule has 0 aromatic heterocycles. The first-order valence-corrected chi connectivity index (χ1v) is 7.55. The van der Waals surface area contributed by atoms with Crippen molar-refractivity contribution in [2.24, 2.45) is 0 Å². The third-order valence-electron chi connectivity index (χ3n) is 3.09. The number of hydrogen-bond acceptors (Lipinski definition) is 3. The monoisotopic (exact) mass is 308 g/mol. The minimum Gasteiger partial charge on any atom is -0.314 e. The fourth-order valence-electron chi connectivity index (χ4n) is 2.13. The van der Waals surface area contributed by atoms with E-state index in [4.69, 9.17) is 0 Å². The van der Waals surface area contributed by atoms with Gasteiger partial charge in [0.05, 0.1) is 5.75 Å². The molecule has 0 spiro atoms. The third kappa shape index (κ3) is 3.89. The predicted molar refractivity (Wildman–Crippen MR) is 75.3 cm³/mol. The van der Waals surface area contributed by atoms with E-state index in [1.54, 1.807) is 12.1 Å².